The van der Waals surface area contributed by atoms with Gasteiger partial charge in [0.05, 0.1) is 18.8 Å². The summed E-state index contributed by atoms with van der Waals surface area (Å²) in [5.74, 6) is 0.140. The monoisotopic (exact) mass is 318 g/mol. The van der Waals surface area contributed by atoms with Crippen molar-refractivity contribution in [1.82, 2.24) is 8.96 Å². The van der Waals surface area contributed by atoms with Crippen LogP contribution in [0.2, 0.25) is 0 Å². The van der Waals surface area contributed by atoms with E-state index in [9.17, 15) is 8.42 Å². The Labute approximate surface area is 130 Å². The molecule has 0 N–H and O–H groups in total. The average Bonchev–Trinajstić information content (AvgIpc) is 2.89. The molecule has 116 valence electrons. The Kier molecular flexibility index (Phi) is 3.36. The van der Waals surface area contributed by atoms with E-state index in [1.807, 2.05) is 19.1 Å². The standard InChI is InChI=1S/C16H18N2O3S/c1-12-6-4-5-8-16(12,2)22(19,20)18-14-11-17-9-7-13(14)10-15(18)21-3/h4-12H,1-3H3. The number of ether oxygens (including phenoxy) is 1. The van der Waals surface area contributed by atoms with E-state index in [1.54, 1.807) is 43.6 Å². The molecule has 1 aliphatic rings. The number of aromatic nitrogens is 2. The Bertz CT molecular complexity index is 880. The van der Waals surface area contributed by atoms with Gasteiger partial charge in [-0.15, -0.1) is 0 Å². The zero-order valence-electron chi connectivity index (χ0n) is 12.7. The van der Waals surface area contributed by atoms with Crippen molar-refractivity contribution in [3.63, 3.8) is 0 Å². The second-order valence-electron chi connectivity index (χ2n) is 5.61. The lowest BCUT2D eigenvalue weighted by molar-refractivity contribution is 0.391. The van der Waals surface area contributed by atoms with Crippen molar-refractivity contribution in [1.29, 1.82) is 0 Å². The molecule has 0 saturated carbocycles. The number of fused-ring (bicyclic) bond motifs is 1. The number of nitrogens with zero attached hydrogens (tertiary/aromatic N) is 2. The summed E-state index contributed by atoms with van der Waals surface area (Å²) < 4.78 is 32.2. The fraction of sp³-hybridized carbons (Fsp3) is 0.312. The molecule has 2 unspecified atom stereocenters. The highest BCUT2D eigenvalue weighted by Crippen LogP contribution is 2.38. The Morgan fingerprint density at radius 2 is 2.14 bits per heavy atom. The van der Waals surface area contributed by atoms with Crippen LogP contribution in [-0.2, 0) is 10.0 Å². The molecular weight excluding hydrogens is 300 g/mol. The molecule has 1 aliphatic carbocycles. The number of hydrogen-bond acceptors (Lipinski definition) is 4. The largest absolute Gasteiger partial charge is 0.481 e. The van der Waals surface area contributed by atoms with Gasteiger partial charge in [0.2, 0.25) is 5.88 Å². The smallest absolute Gasteiger partial charge is 0.251 e. The molecule has 0 amide bonds. The van der Waals surface area contributed by atoms with Crippen LogP contribution < -0.4 is 4.74 Å². The van der Waals surface area contributed by atoms with Crippen molar-refractivity contribution in [3.8, 4) is 5.88 Å². The molecule has 5 nitrogen and oxygen atoms in total. The minimum atomic E-state index is -3.72. The summed E-state index contributed by atoms with van der Waals surface area (Å²) in [5, 5.41) is 0.780. The summed E-state index contributed by atoms with van der Waals surface area (Å²) in [7, 11) is -2.25. The fourth-order valence-corrected chi connectivity index (χ4v) is 4.69. The van der Waals surface area contributed by atoms with E-state index in [2.05, 4.69) is 4.98 Å². The molecule has 0 radical (unpaired) electrons. The van der Waals surface area contributed by atoms with Crippen molar-refractivity contribution in [2.45, 2.75) is 18.6 Å². The quantitative estimate of drug-likeness (QED) is 0.873. The van der Waals surface area contributed by atoms with Gasteiger partial charge < -0.3 is 4.74 Å². The molecule has 0 aromatic carbocycles. The van der Waals surface area contributed by atoms with Gasteiger partial charge in [-0.25, -0.2) is 12.4 Å². The van der Waals surface area contributed by atoms with Crippen molar-refractivity contribution >= 4 is 20.9 Å². The first-order valence-electron chi connectivity index (χ1n) is 7.02. The number of methoxy groups -OCH3 is 1. The van der Waals surface area contributed by atoms with E-state index in [0.29, 0.717) is 11.4 Å². The van der Waals surface area contributed by atoms with E-state index in [-0.39, 0.29) is 5.92 Å². The van der Waals surface area contributed by atoms with Gasteiger partial charge in [-0.3, -0.25) is 4.98 Å². The highest BCUT2D eigenvalue weighted by atomic mass is 32.2. The van der Waals surface area contributed by atoms with Crippen LogP contribution in [0.4, 0.5) is 0 Å². The van der Waals surface area contributed by atoms with Gasteiger partial charge in [-0.05, 0) is 18.9 Å². The van der Waals surface area contributed by atoms with Crippen LogP contribution in [0.3, 0.4) is 0 Å². The van der Waals surface area contributed by atoms with Crippen LogP contribution in [-0.4, -0.2) is 29.2 Å². The molecule has 2 atom stereocenters. The fourth-order valence-electron chi connectivity index (χ4n) is 2.73. The molecule has 0 aliphatic heterocycles. The van der Waals surface area contributed by atoms with E-state index in [0.717, 1.165) is 5.39 Å². The maximum atomic E-state index is 13.3. The van der Waals surface area contributed by atoms with Crippen molar-refractivity contribution in [2.24, 2.45) is 5.92 Å². The lowest BCUT2D eigenvalue weighted by Crippen LogP contribution is -2.43. The molecule has 2 heterocycles. The first-order chi connectivity index (χ1) is 10.4. The minimum absolute atomic E-state index is 0.152. The summed E-state index contributed by atoms with van der Waals surface area (Å²) in [6.45, 7) is 3.63. The summed E-state index contributed by atoms with van der Waals surface area (Å²) in [6.07, 6.45) is 10.4. The van der Waals surface area contributed by atoms with Crippen LogP contribution in [0.1, 0.15) is 13.8 Å². The molecule has 0 bridgehead atoms. The lowest BCUT2D eigenvalue weighted by Gasteiger charge is -2.33. The molecule has 22 heavy (non-hydrogen) atoms. The van der Waals surface area contributed by atoms with Crippen LogP contribution >= 0.6 is 0 Å². The Hall–Kier alpha value is -2.08. The summed E-state index contributed by atoms with van der Waals surface area (Å²) in [6, 6.07) is 3.48. The van der Waals surface area contributed by atoms with Crippen LogP contribution in [0, 0.1) is 5.92 Å². The maximum Gasteiger partial charge on any atom is 0.251 e. The molecule has 6 heteroatoms. The Balaban J connectivity index is 2.30. The molecule has 0 saturated heterocycles. The zero-order valence-corrected chi connectivity index (χ0v) is 13.5. The van der Waals surface area contributed by atoms with Crippen molar-refractivity contribution < 1.29 is 13.2 Å². The van der Waals surface area contributed by atoms with E-state index in [1.165, 1.54) is 11.1 Å². The van der Waals surface area contributed by atoms with Gasteiger partial charge in [-0.1, -0.05) is 31.2 Å². The summed E-state index contributed by atoms with van der Waals surface area (Å²) >= 11 is 0. The topological polar surface area (TPSA) is 61.2 Å². The SMILES string of the molecule is COc1cc2ccncc2n1S(=O)(=O)C1(C)C=CC=CC1C. The molecule has 3 rings (SSSR count). The molecule has 2 aromatic heterocycles. The number of hydrogen-bond donors (Lipinski definition) is 0. The average molecular weight is 318 g/mol. The highest BCUT2D eigenvalue weighted by molar-refractivity contribution is 7.91. The summed E-state index contributed by atoms with van der Waals surface area (Å²) in [4.78, 5) is 4.05. The minimum Gasteiger partial charge on any atom is -0.481 e. The molecular formula is C16H18N2O3S. The van der Waals surface area contributed by atoms with E-state index >= 15 is 0 Å². The van der Waals surface area contributed by atoms with Gasteiger partial charge >= 0.3 is 0 Å². The number of allylic oxidation sites excluding steroid dienone is 3. The van der Waals surface area contributed by atoms with Crippen LogP contribution in [0.25, 0.3) is 10.9 Å². The number of rotatable bonds is 3. The third-order valence-electron chi connectivity index (χ3n) is 4.38. The van der Waals surface area contributed by atoms with Gasteiger partial charge in [-0.2, -0.15) is 0 Å². The van der Waals surface area contributed by atoms with Crippen molar-refractivity contribution in [3.05, 3.63) is 48.8 Å². The maximum absolute atomic E-state index is 13.3. The second-order valence-corrected chi connectivity index (χ2v) is 7.80. The molecule has 2 aromatic rings. The van der Waals surface area contributed by atoms with Gasteiger partial charge in [0, 0.05) is 17.6 Å². The Morgan fingerprint density at radius 3 is 2.82 bits per heavy atom. The first kappa shape index (κ1) is 14.8. The highest BCUT2D eigenvalue weighted by Gasteiger charge is 2.44. The predicted octanol–water partition coefficient (Wildman–Crippen LogP) is 2.74. The third kappa shape index (κ3) is 1.90. The number of pyridine rings is 1. The van der Waals surface area contributed by atoms with Crippen LogP contribution in [0.5, 0.6) is 5.88 Å². The third-order valence-corrected chi connectivity index (χ3v) is 6.86. The van der Waals surface area contributed by atoms with Gasteiger partial charge in [0.25, 0.3) is 10.0 Å². The molecule has 0 fully saturated rings. The van der Waals surface area contributed by atoms with Crippen LogP contribution in [0.15, 0.2) is 48.8 Å². The Morgan fingerprint density at radius 1 is 1.36 bits per heavy atom. The lowest BCUT2D eigenvalue weighted by atomic mass is 9.91. The normalized spacial score (nSPS) is 24.8. The van der Waals surface area contributed by atoms with E-state index in [4.69, 9.17) is 4.74 Å². The second kappa shape index (κ2) is 4.98. The van der Waals surface area contributed by atoms with Crippen molar-refractivity contribution in [2.75, 3.05) is 7.11 Å². The van der Waals surface area contributed by atoms with E-state index < -0.39 is 14.8 Å². The first-order valence-corrected chi connectivity index (χ1v) is 8.46. The van der Waals surface area contributed by atoms with Gasteiger partial charge in [0.15, 0.2) is 0 Å². The molecule has 0 spiro atoms. The summed E-state index contributed by atoms with van der Waals surface area (Å²) in [5.41, 5.74) is 0.524. The zero-order chi connectivity index (χ0) is 16.0. The van der Waals surface area contributed by atoms with Gasteiger partial charge in [0.1, 0.15) is 4.75 Å². The predicted molar refractivity (Wildman–Crippen MR) is 86.5 cm³/mol.